The van der Waals surface area contributed by atoms with Crippen molar-refractivity contribution >= 4 is 13.2 Å². The zero-order valence-corrected chi connectivity index (χ0v) is 16.7. The van der Waals surface area contributed by atoms with Gasteiger partial charge in [0.25, 0.3) is 0 Å². The second-order valence-electron chi connectivity index (χ2n) is 9.29. The van der Waals surface area contributed by atoms with E-state index in [9.17, 15) is 0 Å². The molecule has 0 heterocycles. The Hall–Kier alpha value is -0.350. The highest BCUT2D eigenvalue weighted by Gasteiger charge is 2.51. The van der Waals surface area contributed by atoms with Crippen LogP contribution >= 0.6 is 7.92 Å². The van der Waals surface area contributed by atoms with E-state index in [0.29, 0.717) is 0 Å². The Morgan fingerprint density at radius 1 is 0.571 bits per heavy atom. The molecule has 0 fully saturated rings. The molecule has 1 rings (SSSR count). The summed E-state index contributed by atoms with van der Waals surface area (Å²) in [7, 11) is -0.318. The molecule has 0 saturated carbocycles. The average Bonchev–Trinajstić information content (AvgIpc) is 2.26. The zero-order valence-electron chi connectivity index (χ0n) is 15.8. The van der Waals surface area contributed by atoms with Gasteiger partial charge in [0, 0.05) is 0 Å². The lowest BCUT2D eigenvalue weighted by molar-refractivity contribution is 0.279. The lowest BCUT2D eigenvalue weighted by atomic mass is 9.81. The number of rotatable bonds is 3. The molecule has 0 amide bonds. The van der Waals surface area contributed by atoms with Gasteiger partial charge in [-0.1, -0.05) is 107 Å². The van der Waals surface area contributed by atoms with E-state index in [4.69, 9.17) is 0 Å². The van der Waals surface area contributed by atoms with Crippen LogP contribution in [0, 0.1) is 10.8 Å². The molecular weight excluding hydrogens is 271 g/mol. The summed E-state index contributed by atoms with van der Waals surface area (Å²) < 4.78 is 0. The molecule has 1 heteroatoms. The molecule has 0 aliphatic heterocycles. The van der Waals surface area contributed by atoms with Gasteiger partial charge in [-0.3, -0.25) is 0 Å². The van der Waals surface area contributed by atoms with E-state index in [0.717, 1.165) is 0 Å². The highest BCUT2D eigenvalue weighted by Crippen LogP contribution is 2.68. The van der Waals surface area contributed by atoms with Crippen LogP contribution in [0.3, 0.4) is 0 Å². The van der Waals surface area contributed by atoms with Crippen LogP contribution in [0.15, 0.2) is 30.3 Å². The summed E-state index contributed by atoms with van der Waals surface area (Å²) in [5, 5.41) is 2.06. The Morgan fingerprint density at radius 3 is 1.19 bits per heavy atom. The molecule has 0 unspecified atom stereocenters. The highest BCUT2D eigenvalue weighted by atomic mass is 31.1. The summed E-state index contributed by atoms with van der Waals surface area (Å²) in [6.07, 6.45) is 0. The summed E-state index contributed by atoms with van der Waals surface area (Å²) in [5.74, 6) is 0. The largest absolute Gasteiger partial charge is 0.0627 e. The standard InChI is InChI=1S/C20H35P/c1-17(2,3)19(7,8)21(16-14-12-11-13-15-16)20(9,10)18(4,5)6/h11-15H,1-10H3. The normalized spacial score (nSPS) is 14.6. The van der Waals surface area contributed by atoms with E-state index < -0.39 is 0 Å². The minimum Gasteiger partial charge on any atom is -0.0627 e. The SMILES string of the molecule is CC(C)(C)C(C)(C)P(c1ccccc1)C(C)(C)C(C)(C)C. The lowest BCUT2D eigenvalue weighted by Gasteiger charge is -2.56. The van der Waals surface area contributed by atoms with E-state index in [-0.39, 0.29) is 29.1 Å². The van der Waals surface area contributed by atoms with Crippen LogP contribution < -0.4 is 5.30 Å². The molecule has 0 aromatic heterocycles. The van der Waals surface area contributed by atoms with Crippen molar-refractivity contribution in [2.45, 2.75) is 79.5 Å². The lowest BCUT2D eigenvalue weighted by Crippen LogP contribution is -2.48. The Balaban J connectivity index is 3.54. The first-order valence-electron chi connectivity index (χ1n) is 8.08. The van der Waals surface area contributed by atoms with Gasteiger partial charge in [-0.2, -0.15) is 0 Å². The molecule has 0 aliphatic rings. The highest BCUT2D eigenvalue weighted by molar-refractivity contribution is 7.68. The van der Waals surface area contributed by atoms with Crippen molar-refractivity contribution in [3.05, 3.63) is 30.3 Å². The molecule has 0 atom stereocenters. The minimum absolute atomic E-state index is 0.264. The molecule has 0 spiro atoms. The molecule has 0 saturated heterocycles. The third-order valence-corrected chi connectivity index (χ3v) is 10.2. The average molecular weight is 306 g/mol. The van der Waals surface area contributed by atoms with Crippen LogP contribution in [0.25, 0.3) is 0 Å². The van der Waals surface area contributed by atoms with Crippen molar-refractivity contribution in [3.63, 3.8) is 0 Å². The van der Waals surface area contributed by atoms with Gasteiger partial charge in [0.2, 0.25) is 0 Å². The quantitative estimate of drug-likeness (QED) is 0.563. The Bertz CT molecular complexity index is 429. The van der Waals surface area contributed by atoms with Gasteiger partial charge in [-0.05, 0) is 26.4 Å². The van der Waals surface area contributed by atoms with Crippen LogP contribution in [0.4, 0.5) is 0 Å². The molecule has 120 valence electrons. The number of hydrogen-bond acceptors (Lipinski definition) is 0. The third-order valence-electron chi connectivity index (χ3n) is 5.80. The summed E-state index contributed by atoms with van der Waals surface area (Å²) in [6.45, 7) is 24.2. The number of benzene rings is 1. The fourth-order valence-electron chi connectivity index (χ4n) is 2.59. The predicted octanol–water partition coefficient (Wildman–Crippen LogP) is 6.44. The van der Waals surface area contributed by atoms with Crippen molar-refractivity contribution < 1.29 is 0 Å². The Morgan fingerprint density at radius 2 is 0.905 bits per heavy atom. The van der Waals surface area contributed by atoms with Crippen molar-refractivity contribution in [2.75, 3.05) is 0 Å². The van der Waals surface area contributed by atoms with E-state index in [1.165, 1.54) is 5.30 Å². The first-order valence-corrected chi connectivity index (χ1v) is 9.42. The van der Waals surface area contributed by atoms with E-state index >= 15 is 0 Å². The fraction of sp³-hybridized carbons (Fsp3) is 0.700. The summed E-state index contributed by atoms with van der Waals surface area (Å²) in [6, 6.07) is 11.2. The molecule has 0 nitrogen and oxygen atoms in total. The molecular formula is C20H35P. The second-order valence-corrected chi connectivity index (χ2v) is 12.7. The van der Waals surface area contributed by atoms with Gasteiger partial charge in [-0.25, -0.2) is 0 Å². The first kappa shape index (κ1) is 18.7. The summed E-state index contributed by atoms with van der Waals surface area (Å²) >= 11 is 0. The van der Waals surface area contributed by atoms with E-state index in [2.05, 4.69) is 99.6 Å². The van der Waals surface area contributed by atoms with E-state index in [1.807, 2.05) is 0 Å². The van der Waals surface area contributed by atoms with Crippen LogP contribution in [0.5, 0.6) is 0 Å². The Kier molecular flexibility index (Phi) is 5.07. The van der Waals surface area contributed by atoms with Crippen molar-refractivity contribution in [3.8, 4) is 0 Å². The molecule has 0 bridgehead atoms. The fourth-order valence-corrected chi connectivity index (χ4v) is 7.09. The smallest absolute Gasteiger partial charge is 0.00574 e. The topological polar surface area (TPSA) is 0 Å². The van der Waals surface area contributed by atoms with Gasteiger partial charge >= 0.3 is 0 Å². The maximum absolute atomic E-state index is 2.47. The van der Waals surface area contributed by atoms with E-state index in [1.54, 1.807) is 0 Å². The van der Waals surface area contributed by atoms with Crippen molar-refractivity contribution in [1.82, 2.24) is 0 Å². The van der Waals surface area contributed by atoms with Crippen LogP contribution in [-0.4, -0.2) is 10.3 Å². The van der Waals surface area contributed by atoms with Crippen molar-refractivity contribution in [2.24, 2.45) is 10.8 Å². The molecule has 21 heavy (non-hydrogen) atoms. The van der Waals surface area contributed by atoms with Crippen molar-refractivity contribution in [1.29, 1.82) is 0 Å². The van der Waals surface area contributed by atoms with Gasteiger partial charge in [0.1, 0.15) is 0 Å². The summed E-state index contributed by atoms with van der Waals surface area (Å²) in [4.78, 5) is 0. The molecule has 0 aliphatic carbocycles. The van der Waals surface area contributed by atoms with Gasteiger partial charge in [0.05, 0.1) is 0 Å². The number of hydrogen-bond donors (Lipinski definition) is 0. The first-order chi connectivity index (χ1) is 9.23. The summed E-state index contributed by atoms with van der Waals surface area (Å²) in [5.41, 5.74) is 0.550. The zero-order chi connectivity index (χ0) is 16.7. The molecule has 0 radical (unpaired) electrons. The second kappa shape index (κ2) is 5.69. The molecule has 1 aromatic carbocycles. The monoisotopic (exact) mass is 306 g/mol. The van der Waals surface area contributed by atoms with Crippen LogP contribution in [0.1, 0.15) is 69.2 Å². The Labute approximate surface area is 134 Å². The van der Waals surface area contributed by atoms with Crippen LogP contribution in [0.2, 0.25) is 0 Å². The van der Waals surface area contributed by atoms with Gasteiger partial charge in [-0.15, -0.1) is 0 Å². The maximum atomic E-state index is 2.47. The van der Waals surface area contributed by atoms with Gasteiger partial charge < -0.3 is 0 Å². The van der Waals surface area contributed by atoms with Crippen LogP contribution in [-0.2, 0) is 0 Å². The molecule has 1 aromatic rings. The van der Waals surface area contributed by atoms with Gasteiger partial charge in [0.15, 0.2) is 0 Å². The minimum atomic E-state index is -0.318. The molecule has 0 N–H and O–H groups in total. The maximum Gasteiger partial charge on any atom is -0.00574 e. The third kappa shape index (κ3) is 3.53. The predicted molar refractivity (Wildman–Crippen MR) is 100 cm³/mol.